The predicted octanol–water partition coefficient (Wildman–Crippen LogP) is 3.99. The summed E-state index contributed by atoms with van der Waals surface area (Å²) in [6.45, 7) is 1.58. The normalized spacial score (nSPS) is 30.7. The van der Waals surface area contributed by atoms with Crippen molar-refractivity contribution in [1.29, 1.82) is 0 Å². The Balaban J connectivity index is 1.73. The van der Waals surface area contributed by atoms with Crippen molar-refractivity contribution in [1.82, 2.24) is 4.90 Å². The highest BCUT2D eigenvalue weighted by molar-refractivity contribution is 6.30. The number of aliphatic hydroxyl groups excluding tert-OH is 1. The maximum Gasteiger partial charge on any atom is 0.146 e. The van der Waals surface area contributed by atoms with E-state index in [1.54, 1.807) is 12.1 Å². The number of benzene rings is 1. The van der Waals surface area contributed by atoms with E-state index in [0.717, 1.165) is 38.6 Å². The largest absolute Gasteiger partial charge is 0.393 e. The second kappa shape index (κ2) is 6.64. The van der Waals surface area contributed by atoms with E-state index in [2.05, 4.69) is 4.90 Å². The molecule has 3 rings (SSSR count). The Kier molecular flexibility index (Phi) is 4.82. The number of likely N-dealkylation sites (tertiary alicyclic amines) is 1. The number of hydrogen-bond acceptors (Lipinski definition) is 2. The third-order valence-corrected chi connectivity index (χ3v) is 5.39. The molecule has 1 aromatic rings. The van der Waals surface area contributed by atoms with Crippen molar-refractivity contribution >= 4 is 11.6 Å². The molecule has 1 aliphatic heterocycles. The van der Waals surface area contributed by atoms with E-state index in [1.807, 2.05) is 6.07 Å². The van der Waals surface area contributed by atoms with Crippen molar-refractivity contribution in [3.63, 3.8) is 0 Å². The Bertz CT molecular complexity index is 496. The summed E-state index contributed by atoms with van der Waals surface area (Å²) in [6, 6.07) is 5.60. The van der Waals surface area contributed by atoms with Crippen LogP contribution in [0.5, 0.6) is 0 Å². The Labute approximate surface area is 130 Å². The second-order valence-electron chi connectivity index (χ2n) is 6.41. The van der Waals surface area contributed by atoms with Crippen molar-refractivity contribution in [2.24, 2.45) is 5.92 Å². The molecular formula is C17H23ClFNO. The smallest absolute Gasteiger partial charge is 0.146 e. The van der Waals surface area contributed by atoms with Gasteiger partial charge in [0.15, 0.2) is 0 Å². The average Bonchev–Trinajstić information content (AvgIpc) is 2.92. The van der Waals surface area contributed by atoms with E-state index in [-0.39, 0.29) is 16.9 Å². The molecule has 0 amide bonds. The molecule has 3 atom stereocenters. The fourth-order valence-corrected chi connectivity index (χ4v) is 4.21. The van der Waals surface area contributed by atoms with Crippen LogP contribution >= 0.6 is 11.6 Å². The molecule has 1 heterocycles. The number of hydrogen-bond donors (Lipinski definition) is 1. The topological polar surface area (TPSA) is 23.5 Å². The third kappa shape index (κ3) is 3.25. The van der Waals surface area contributed by atoms with Crippen LogP contribution in [-0.2, 0) is 6.54 Å². The highest BCUT2D eigenvalue weighted by Gasteiger charge is 2.36. The molecule has 0 bridgehead atoms. The van der Waals surface area contributed by atoms with Gasteiger partial charge in [-0.3, -0.25) is 4.90 Å². The Hall–Kier alpha value is -0.640. The highest BCUT2D eigenvalue weighted by atomic mass is 35.5. The van der Waals surface area contributed by atoms with Gasteiger partial charge in [0.2, 0.25) is 0 Å². The molecule has 0 aromatic heterocycles. The standard InChI is InChI=1S/C17H23ClFNO/c18-14-7-3-5-12(17(14)19)11-20-10-4-8-15(20)13-6-1-2-9-16(13)21/h3,5,7,13,15-16,21H,1-2,4,6,8-11H2. The first-order valence-corrected chi connectivity index (χ1v) is 8.39. The molecule has 1 aliphatic carbocycles. The summed E-state index contributed by atoms with van der Waals surface area (Å²) in [5.74, 6) is 0.0532. The quantitative estimate of drug-likeness (QED) is 0.912. The van der Waals surface area contributed by atoms with E-state index in [1.165, 1.54) is 6.42 Å². The summed E-state index contributed by atoms with van der Waals surface area (Å²) >= 11 is 5.87. The molecule has 1 saturated carbocycles. The van der Waals surface area contributed by atoms with Gasteiger partial charge in [-0.25, -0.2) is 4.39 Å². The van der Waals surface area contributed by atoms with Gasteiger partial charge >= 0.3 is 0 Å². The van der Waals surface area contributed by atoms with Crippen LogP contribution in [0.2, 0.25) is 5.02 Å². The Morgan fingerprint density at radius 2 is 2.00 bits per heavy atom. The number of nitrogens with zero attached hydrogens (tertiary/aromatic N) is 1. The first kappa shape index (κ1) is 15.3. The first-order chi connectivity index (χ1) is 10.2. The summed E-state index contributed by atoms with van der Waals surface area (Å²) in [4.78, 5) is 2.34. The van der Waals surface area contributed by atoms with Gasteiger partial charge in [0.1, 0.15) is 5.82 Å². The average molecular weight is 312 g/mol. The summed E-state index contributed by atoms with van der Waals surface area (Å²) in [5.41, 5.74) is 0.666. The van der Waals surface area contributed by atoms with Crippen LogP contribution in [0.3, 0.4) is 0 Å². The van der Waals surface area contributed by atoms with E-state index >= 15 is 0 Å². The minimum atomic E-state index is -0.297. The van der Waals surface area contributed by atoms with E-state index in [4.69, 9.17) is 11.6 Å². The van der Waals surface area contributed by atoms with Crippen molar-refractivity contribution < 1.29 is 9.50 Å². The molecule has 0 spiro atoms. The number of halogens is 2. The van der Waals surface area contributed by atoms with Gasteiger partial charge in [-0.15, -0.1) is 0 Å². The van der Waals surface area contributed by atoms with Gasteiger partial charge in [-0.05, 0) is 38.3 Å². The summed E-state index contributed by atoms with van der Waals surface area (Å²) in [7, 11) is 0. The zero-order valence-electron chi connectivity index (χ0n) is 12.3. The fourth-order valence-electron chi connectivity index (χ4n) is 4.01. The van der Waals surface area contributed by atoms with E-state index < -0.39 is 0 Å². The van der Waals surface area contributed by atoms with Crippen LogP contribution in [0.15, 0.2) is 18.2 Å². The van der Waals surface area contributed by atoms with Crippen LogP contribution in [-0.4, -0.2) is 28.7 Å². The Morgan fingerprint density at radius 3 is 2.81 bits per heavy atom. The minimum absolute atomic E-state index is 0.187. The first-order valence-electron chi connectivity index (χ1n) is 8.02. The molecule has 0 radical (unpaired) electrons. The maximum atomic E-state index is 14.1. The van der Waals surface area contributed by atoms with E-state index in [9.17, 15) is 9.50 Å². The monoisotopic (exact) mass is 311 g/mol. The van der Waals surface area contributed by atoms with Gasteiger partial charge in [-0.1, -0.05) is 36.6 Å². The highest BCUT2D eigenvalue weighted by Crippen LogP contribution is 2.35. The van der Waals surface area contributed by atoms with Crippen molar-refractivity contribution in [3.8, 4) is 0 Å². The minimum Gasteiger partial charge on any atom is -0.393 e. The third-order valence-electron chi connectivity index (χ3n) is 5.10. The summed E-state index contributed by atoms with van der Waals surface area (Å²) in [6.07, 6.45) is 6.42. The van der Waals surface area contributed by atoms with Crippen molar-refractivity contribution in [2.75, 3.05) is 6.54 Å². The molecule has 21 heavy (non-hydrogen) atoms. The number of rotatable bonds is 3. The van der Waals surface area contributed by atoms with Crippen LogP contribution in [0.4, 0.5) is 4.39 Å². The molecule has 2 fully saturated rings. The molecular weight excluding hydrogens is 289 g/mol. The Morgan fingerprint density at radius 1 is 1.19 bits per heavy atom. The van der Waals surface area contributed by atoms with Gasteiger partial charge in [0.25, 0.3) is 0 Å². The van der Waals surface area contributed by atoms with Crippen molar-refractivity contribution in [2.45, 2.75) is 57.2 Å². The zero-order valence-corrected chi connectivity index (χ0v) is 13.0. The van der Waals surface area contributed by atoms with Crippen LogP contribution in [0.1, 0.15) is 44.1 Å². The van der Waals surface area contributed by atoms with Crippen LogP contribution < -0.4 is 0 Å². The molecule has 1 saturated heterocycles. The molecule has 4 heteroatoms. The second-order valence-corrected chi connectivity index (χ2v) is 6.82. The van der Waals surface area contributed by atoms with E-state index in [0.29, 0.717) is 24.1 Å². The molecule has 3 unspecified atom stereocenters. The van der Waals surface area contributed by atoms with Gasteiger partial charge in [0, 0.05) is 24.1 Å². The van der Waals surface area contributed by atoms with Gasteiger partial charge in [0.05, 0.1) is 11.1 Å². The van der Waals surface area contributed by atoms with Gasteiger partial charge < -0.3 is 5.11 Å². The SMILES string of the molecule is OC1CCCCC1C1CCCN1Cc1cccc(Cl)c1F. The van der Waals surface area contributed by atoms with Crippen LogP contribution in [0, 0.1) is 11.7 Å². The molecule has 2 aliphatic rings. The zero-order chi connectivity index (χ0) is 14.8. The van der Waals surface area contributed by atoms with Crippen molar-refractivity contribution in [3.05, 3.63) is 34.6 Å². The molecule has 116 valence electrons. The molecule has 1 aromatic carbocycles. The lowest BCUT2D eigenvalue weighted by atomic mass is 9.80. The number of aliphatic hydroxyl groups is 1. The van der Waals surface area contributed by atoms with Gasteiger partial charge in [-0.2, -0.15) is 0 Å². The summed E-state index contributed by atoms with van der Waals surface area (Å²) < 4.78 is 14.1. The predicted molar refractivity (Wildman–Crippen MR) is 82.8 cm³/mol. The lowest BCUT2D eigenvalue weighted by molar-refractivity contribution is 0.0199. The van der Waals surface area contributed by atoms with Crippen LogP contribution in [0.25, 0.3) is 0 Å². The lowest BCUT2D eigenvalue weighted by Gasteiger charge is -2.37. The lowest BCUT2D eigenvalue weighted by Crippen LogP contribution is -2.42. The molecule has 1 N–H and O–H groups in total. The fraction of sp³-hybridized carbons (Fsp3) is 0.647. The summed E-state index contributed by atoms with van der Waals surface area (Å²) in [5, 5.41) is 10.5. The maximum absolute atomic E-state index is 14.1. The molecule has 2 nitrogen and oxygen atoms in total.